The van der Waals surface area contributed by atoms with Crippen molar-refractivity contribution in [2.75, 3.05) is 22.0 Å². The van der Waals surface area contributed by atoms with Gasteiger partial charge in [-0.25, -0.2) is 12.7 Å². The third-order valence-corrected chi connectivity index (χ3v) is 5.56. The van der Waals surface area contributed by atoms with Crippen LogP contribution in [0.2, 0.25) is 0 Å². The molecule has 0 aliphatic carbocycles. The number of amides is 2. The summed E-state index contributed by atoms with van der Waals surface area (Å²) in [4.78, 5) is 24.1. The zero-order chi connectivity index (χ0) is 18.7. The fraction of sp³-hybridized carbons (Fsp3) is 0.222. The zero-order valence-corrected chi connectivity index (χ0v) is 15.0. The van der Waals surface area contributed by atoms with Crippen molar-refractivity contribution >= 4 is 33.2 Å². The molecule has 1 fully saturated rings. The predicted octanol–water partition coefficient (Wildman–Crippen LogP) is 2.40. The van der Waals surface area contributed by atoms with Gasteiger partial charge in [-0.05, 0) is 55.5 Å². The van der Waals surface area contributed by atoms with E-state index in [0.29, 0.717) is 23.6 Å². The number of anilines is 2. The number of hydrogen-bond acceptors (Lipinski definition) is 5. The molecule has 8 heteroatoms. The van der Waals surface area contributed by atoms with Gasteiger partial charge in [-0.1, -0.05) is 0 Å². The molecule has 0 spiro atoms. The molecule has 1 aliphatic heterocycles. The highest BCUT2D eigenvalue weighted by atomic mass is 32.2. The highest BCUT2D eigenvalue weighted by molar-refractivity contribution is 7.94. The van der Waals surface area contributed by atoms with Gasteiger partial charge < -0.3 is 10.1 Å². The minimum absolute atomic E-state index is 0.0255. The molecular formula is C18H18N2O5S. The van der Waals surface area contributed by atoms with Crippen molar-refractivity contribution in [3.05, 3.63) is 54.1 Å². The van der Waals surface area contributed by atoms with Crippen molar-refractivity contribution in [1.29, 1.82) is 0 Å². The van der Waals surface area contributed by atoms with Crippen LogP contribution in [0.5, 0.6) is 5.75 Å². The third-order valence-electron chi connectivity index (χ3n) is 3.87. The Kier molecular flexibility index (Phi) is 4.94. The van der Waals surface area contributed by atoms with E-state index in [1.807, 2.05) is 6.92 Å². The lowest BCUT2D eigenvalue weighted by atomic mass is 10.2. The Hall–Kier alpha value is -2.87. The van der Waals surface area contributed by atoms with Crippen molar-refractivity contribution in [3.8, 4) is 5.75 Å². The van der Waals surface area contributed by atoms with Crippen LogP contribution in [0.1, 0.15) is 23.7 Å². The Labute approximate surface area is 151 Å². The van der Waals surface area contributed by atoms with Gasteiger partial charge >= 0.3 is 0 Å². The Balaban J connectivity index is 1.72. The van der Waals surface area contributed by atoms with E-state index in [1.54, 1.807) is 24.3 Å². The molecule has 0 saturated carbocycles. The standard InChI is InChI=1S/C18H18N2O5S/c1-2-25-16-9-5-14(6-10-16)19-18(22)13-3-7-15(8-4-13)20-17(21)11-12-26(20,23)24/h3-10H,2,11-12H2,1H3,(H,19,22). The lowest BCUT2D eigenvalue weighted by molar-refractivity contribution is -0.116. The van der Waals surface area contributed by atoms with Crippen LogP contribution in [0.25, 0.3) is 0 Å². The maximum Gasteiger partial charge on any atom is 0.255 e. The summed E-state index contributed by atoms with van der Waals surface area (Å²) in [6.45, 7) is 2.45. The largest absolute Gasteiger partial charge is 0.494 e. The molecule has 1 heterocycles. The van der Waals surface area contributed by atoms with Crippen molar-refractivity contribution in [2.24, 2.45) is 0 Å². The first kappa shape index (κ1) is 17.9. The molecular weight excluding hydrogens is 356 g/mol. The molecule has 26 heavy (non-hydrogen) atoms. The van der Waals surface area contributed by atoms with Gasteiger partial charge in [0, 0.05) is 17.7 Å². The molecule has 3 rings (SSSR count). The average molecular weight is 374 g/mol. The normalized spacial score (nSPS) is 15.7. The molecule has 1 N–H and O–H groups in total. The molecule has 2 aromatic rings. The van der Waals surface area contributed by atoms with E-state index in [1.165, 1.54) is 24.3 Å². The van der Waals surface area contributed by atoms with Crippen LogP contribution in [0.15, 0.2) is 48.5 Å². The molecule has 136 valence electrons. The zero-order valence-electron chi connectivity index (χ0n) is 14.1. The molecule has 0 atom stereocenters. The number of nitrogens with zero attached hydrogens (tertiary/aromatic N) is 1. The molecule has 0 aromatic heterocycles. The summed E-state index contributed by atoms with van der Waals surface area (Å²) in [5.74, 6) is -0.273. The fourth-order valence-corrected chi connectivity index (χ4v) is 4.08. The van der Waals surface area contributed by atoms with Gasteiger partial charge in [-0.2, -0.15) is 0 Å². The van der Waals surface area contributed by atoms with Crippen molar-refractivity contribution < 1.29 is 22.7 Å². The van der Waals surface area contributed by atoms with Gasteiger partial charge in [-0.3, -0.25) is 9.59 Å². The van der Waals surface area contributed by atoms with Crippen molar-refractivity contribution in [2.45, 2.75) is 13.3 Å². The van der Waals surface area contributed by atoms with Gasteiger partial charge in [0.2, 0.25) is 15.9 Å². The summed E-state index contributed by atoms with van der Waals surface area (Å²) in [5, 5.41) is 2.75. The first-order valence-electron chi connectivity index (χ1n) is 8.11. The van der Waals surface area contributed by atoms with E-state index in [9.17, 15) is 18.0 Å². The summed E-state index contributed by atoms with van der Waals surface area (Å²) in [5.41, 5.74) is 1.21. The summed E-state index contributed by atoms with van der Waals surface area (Å²) >= 11 is 0. The molecule has 1 aliphatic rings. The molecule has 0 radical (unpaired) electrons. The van der Waals surface area contributed by atoms with Crippen LogP contribution in [-0.2, 0) is 14.8 Å². The second-order valence-corrected chi connectivity index (χ2v) is 7.62. The summed E-state index contributed by atoms with van der Waals surface area (Å²) in [6.07, 6.45) is -0.0255. The van der Waals surface area contributed by atoms with Crippen LogP contribution in [0.3, 0.4) is 0 Å². The first-order chi connectivity index (χ1) is 12.4. The molecule has 2 aromatic carbocycles. The first-order valence-corrected chi connectivity index (χ1v) is 9.72. The molecule has 2 amide bonds. The van der Waals surface area contributed by atoms with Gasteiger partial charge in [0.15, 0.2) is 0 Å². The smallest absolute Gasteiger partial charge is 0.255 e. The summed E-state index contributed by atoms with van der Waals surface area (Å²) in [7, 11) is -3.61. The Morgan fingerprint density at radius 1 is 1.12 bits per heavy atom. The summed E-state index contributed by atoms with van der Waals surface area (Å²) < 4.78 is 30.0. The predicted molar refractivity (Wildman–Crippen MR) is 97.9 cm³/mol. The minimum Gasteiger partial charge on any atom is -0.494 e. The van der Waals surface area contributed by atoms with E-state index < -0.39 is 15.9 Å². The van der Waals surface area contributed by atoms with E-state index in [0.717, 1.165) is 4.31 Å². The Morgan fingerprint density at radius 2 is 1.77 bits per heavy atom. The Morgan fingerprint density at radius 3 is 2.31 bits per heavy atom. The van der Waals surface area contributed by atoms with Gasteiger partial charge in [0.1, 0.15) is 5.75 Å². The SMILES string of the molecule is CCOc1ccc(NC(=O)c2ccc(N3C(=O)CCS3(=O)=O)cc2)cc1. The van der Waals surface area contributed by atoms with Gasteiger partial charge in [0.05, 0.1) is 18.0 Å². The topological polar surface area (TPSA) is 92.8 Å². The van der Waals surface area contributed by atoms with E-state index in [-0.39, 0.29) is 23.8 Å². The number of benzene rings is 2. The lowest BCUT2D eigenvalue weighted by Gasteiger charge is -2.15. The Bertz CT molecular complexity index is 921. The van der Waals surface area contributed by atoms with Crippen LogP contribution < -0.4 is 14.4 Å². The number of hydrogen-bond donors (Lipinski definition) is 1. The second-order valence-electron chi connectivity index (χ2n) is 5.68. The van der Waals surface area contributed by atoms with E-state index in [2.05, 4.69) is 5.32 Å². The molecule has 0 unspecified atom stereocenters. The summed E-state index contributed by atoms with van der Waals surface area (Å²) in [6, 6.07) is 12.8. The van der Waals surface area contributed by atoms with Gasteiger partial charge in [-0.15, -0.1) is 0 Å². The molecule has 0 bridgehead atoms. The van der Waals surface area contributed by atoms with Crippen LogP contribution in [0, 0.1) is 0 Å². The van der Waals surface area contributed by atoms with Crippen LogP contribution in [-0.4, -0.2) is 32.6 Å². The van der Waals surface area contributed by atoms with Crippen molar-refractivity contribution in [1.82, 2.24) is 0 Å². The van der Waals surface area contributed by atoms with E-state index in [4.69, 9.17) is 4.74 Å². The number of carbonyl (C=O) groups is 2. The quantitative estimate of drug-likeness (QED) is 0.867. The monoisotopic (exact) mass is 374 g/mol. The number of sulfonamides is 1. The molecule has 1 saturated heterocycles. The van der Waals surface area contributed by atoms with Crippen molar-refractivity contribution in [3.63, 3.8) is 0 Å². The fourth-order valence-electron chi connectivity index (χ4n) is 2.62. The molecule has 7 nitrogen and oxygen atoms in total. The number of ether oxygens (including phenoxy) is 1. The minimum atomic E-state index is -3.61. The highest BCUT2D eigenvalue weighted by Gasteiger charge is 2.36. The van der Waals surface area contributed by atoms with Gasteiger partial charge in [0.25, 0.3) is 5.91 Å². The third kappa shape index (κ3) is 3.70. The maximum atomic E-state index is 12.3. The van der Waals surface area contributed by atoms with Crippen LogP contribution in [0.4, 0.5) is 11.4 Å². The highest BCUT2D eigenvalue weighted by Crippen LogP contribution is 2.25. The van der Waals surface area contributed by atoms with E-state index >= 15 is 0 Å². The number of rotatable bonds is 5. The lowest BCUT2D eigenvalue weighted by Crippen LogP contribution is -2.29. The van der Waals surface area contributed by atoms with Crippen LogP contribution >= 0.6 is 0 Å². The average Bonchev–Trinajstić information content (AvgIpc) is 2.90. The number of nitrogens with one attached hydrogen (secondary N) is 1. The number of carbonyl (C=O) groups excluding carboxylic acids is 2. The maximum absolute atomic E-state index is 12.3. The second kappa shape index (κ2) is 7.17.